The maximum atomic E-state index is 12.4. The third kappa shape index (κ3) is 4.20. The summed E-state index contributed by atoms with van der Waals surface area (Å²) >= 11 is 0. The highest BCUT2D eigenvalue weighted by Crippen LogP contribution is 2.26. The van der Waals surface area contributed by atoms with Crippen LogP contribution in [-0.4, -0.2) is 89.3 Å². The molecule has 1 N–H and O–H groups in total. The van der Waals surface area contributed by atoms with E-state index in [4.69, 9.17) is 14.5 Å². The molecule has 1 aromatic carbocycles. The first-order chi connectivity index (χ1) is 16.9. The Balaban J connectivity index is 1.57. The van der Waals surface area contributed by atoms with E-state index in [1.165, 1.54) is 12.0 Å². The number of carbonyl (C=O) groups is 2. The molecule has 2 fully saturated rings. The minimum Gasteiger partial charge on any atom is -0.464 e. The molecule has 1 amide bonds. The van der Waals surface area contributed by atoms with Gasteiger partial charge in [0, 0.05) is 38.7 Å². The summed E-state index contributed by atoms with van der Waals surface area (Å²) < 4.78 is 12.0. The van der Waals surface area contributed by atoms with Gasteiger partial charge in [-0.25, -0.2) is 14.5 Å². The normalized spacial score (nSPS) is 20.1. The van der Waals surface area contributed by atoms with E-state index in [1.54, 1.807) is 29.9 Å². The second-order valence-corrected chi connectivity index (χ2v) is 8.53. The summed E-state index contributed by atoms with van der Waals surface area (Å²) in [6.45, 7) is 3.14. The van der Waals surface area contributed by atoms with E-state index >= 15 is 0 Å². The van der Waals surface area contributed by atoms with Crippen molar-refractivity contribution in [3.05, 3.63) is 47.7 Å². The third-order valence-electron chi connectivity index (χ3n) is 6.24. The van der Waals surface area contributed by atoms with E-state index in [-0.39, 0.29) is 12.1 Å². The molecule has 3 aromatic rings. The van der Waals surface area contributed by atoms with Gasteiger partial charge in [-0.2, -0.15) is 5.10 Å². The fourth-order valence-corrected chi connectivity index (χ4v) is 4.24. The molecule has 10 heteroatoms. The van der Waals surface area contributed by atoms with E-state index < -0.39 is 17.5 Å². The summed E-state index contributed by atoms with van der Waals surface area (Å²) in [5.41, 5.74) is 0.200. The summed E-state index contributed by atoms with van der Waals surface area (Å²) in [5.74, 6) is 5.45. The van der Waals surface area contributed by atoms with Crippen LogP contribution in [0.2, 0.25) is 0 Å². The Morgan fingerprint density at radius 3 is 2.71 bits per heavy atom. The van der Waals surface area contributed by atoms with Crippen molar-refractivity contribution in [3.8, 4) is 17.5 Å². The van der Waals surface area contributed by atoms with Gasteiger partial charge in [0.15, 0.2) is 11.3 Å². The van der Waals surface area contributed by atoms with Crippen LogP contribution in [0.25, 0.3) is 16.7 Å². The Bertz CT molecular complexity index is 1370. The van der Waals surface area contributed by atoms with E-state index in [0.717, 1.165) is 18.9 Å². The van der Waals surface area contributed by atoms with Gasteiger partial charge in [-0.1, -0.05) is 17.9 Å². The number of nitrogens with zero attached hydrogens (tertiary/aromatic N) is 5. The van der Waals surface area contributed by atoms with Crippen LogP contribution in [0, 0.1) is 11.8 Å². The Hall–Kier alpha value is -3.94. The van der Waals surface area contributed by atoms with Gasteiger partial charge in [-0.05, 0) is 30.3 Å². The Morgan fingerprint density at radius 1 is 1.20 bits per heavy atom. The molecular formula is C25H25N5O5. The first-order valence-corrected chi connectivity index (χ1v) is 11.3. The van der Waals surface area contributed by atoms with E-state index in [1.807, 2.05) is 18.2 Å². The minimum atomic E-state index is -1.68. The second-order valence-electron chi connectivity index (χ2n) is 8.53. The average molecular weight is 476 g/mol. The number of esters is 1. The molecule has 2 aromatic heterocycles. The van der Waals surface area contributed by atoms with Gasteiger partial charge in [-0.3, -0.25) is 4.79 Å². The van der Waals surface area contributed by atoms with Crippen molar-refractivity contribution in [1.82, 2.24) is 19.7 Å². The molecule has 2 saturated heterocycles. The molecule has 0 bridgehead atoms. The minimum absolute atomic E-state index is 0.161. The van der Waals surface area contributed by atoms with Gasteiger partial charge in [0.05, 0.1) is 31.4 Å². The summed E-state index contributed by atoms with van der Waals surface area (Å²) in [6, 6.07) is 10.9. The second kappa shape index (κ2) is 9.02. The number of fused-ring (bicyclic) bond motifs is 1. The molecule has 2 aliphatic rings. The number of ether oxygens (including phenoxy) is 2. The number of anilines is 1. The van der Waals surface area contributed by atoms with Crippen LogP contribution >= 0.6 is 0 Å². The summed E-state index contributed by atoms with van der Waals surface area (Å²) in [5, 5.41) is 15.7. The number of pyridine rings is 1. The van der Waals surface area contributed by atoms with Crippen molar-refractivity contribution in [2.45, 2.75) is 12.0 Å². The zero-order valence-electron chi connectivity index (χ0n) is 19.5. The average Bonchev–Trinajstić information content (AvgIpc) is 3.40. The summed E-state index contributed by atoms with van der Waals surface area (Å²) in [7, 11) is 2.95. The predicted molar refractivity (Wildman–Crippen MR) is 127 cm³/mol. The first-order valence-electron chi connectivity index (χ1n) is 11.3. The Labute approximate surface area is 202 Å². The number of aliphatic hydroxyl groups is 1. The number of amides is 1. The molecule has 0 spiro atoms. The zero-order valence-corrected chi connectivity index (χ0v) is 19.5. The van der Waals surface area contributed by atoms with E-state index in [0.29, 0.717) is 42.0 Å². The van der Waals surface area contributed by atoms with Gasteiger partial charge in [0.25, 0.3) is 5.91 Å². The highest BCUT2D eigenvalue weighted by atomic mass is 16.5. The number of benzene rings is 1. The molecule has 5 rings (SSSR count). The number of likely N-dealkylation sites (N-methyl/N-ethyl adjacent to an activating group) is 1. The van der Waals surface area contributed by atoms with E-state index in [2.05, 4.69) is 21.8 Å². The van der Waals surface area contributed by atoms with Crippen LogP contribution < -0.4 is 4.90 Å². The number of hydrogen-bond acceptors (Lipinski definition) is 8. The van der Waals surface area contributed by atoms with Gasteiger partial charge in [0.1, 0.15) is 5.82 Å². The van der Waals surface area contributed by atoms with Crippen molar-refractivity contribution in [2.24, 2.45) is 0 Å². The Kier molecular flexibility index (Phi) is 5.88. The van der Waals surface area contributed by atoms with Crippen LogP contribution in [0.4, 0.5) is 5.82 Å². The maximum absolute atomic E-state index is 12.4. The molecular weight excluding hydrogens is 450 g/mol. The molecule has 1 atom stereocenters. The number of carbonyl (C=O) groups excluding carboxylic acids is 2. The lowest BCUT2D eigenvalue weighted by molar-refractivity contribution is -0.137. The fraction of sp³-hybridized carbons (Fsp3) is 0.360. The molecule has 0 radical (unpaired) electrons. The van der Waals surface area contributed by atoms with Gasteiger partial charge < -0.3 is 24.4 Å². The van der Waals surface area contributed by atoms with Gasteiger partial charge in [-0.15, -0.1) is 0 Å². The standard InChI is InChI=1S/C25H25N5O5/c1-28-11-10-25(33,24(28)32)9-8-17-4-3-5-18(16-17)30-22-19(21(27-30)23(31)34-2)6-7-20(26-22)29-12-14-35-15-13-29/h3-7,16,33H,10-15H2,1-2H3. The highest BCUT2D eigenvalue weighted by molar-refractivity contribution is 6.01. The monoisotopic (exact) mass is 475 g/mol. The van der Waals surface area contributed by atoms with Gasteiger partial charge >= 0.3 is 5.97 Å². The largest absolute Gasteiger partial charge is 0.464 e. The van der Waals surface area contributed by atoms with Crippen molar-refractivity contribution in [2.75, 3.05) is 51.9 Å². The summed E-state index contributed by atoms with van der Waals surface area (Å²) in [6.07, 6.45) is 0.259. The molecule has 1 unspecified atom stereocenters. The molecule has 2 aliphatic heterocycles. The molecule has 0 aliphatic carbocycles. The van der Waals surface area contributed by atoms with E-state index in [9.17, 15) is 14.7 Å². The lowest BCUT2D eigenvalue weighted by Crippen LogP contribution is -2.37. The van der Waals surface area contributed by atoms with Crippen molar-refractivity contribution in [1.29, 1.82) is 0 Å². The lowest BCUT2D eigenvalue weighted by atomic mass is 10.0. The van der Waals surface area contributed by atoms with Crippen molar-refractivity contribution < 1.29 is 24.2 Å². The number of methoxy groups -OCH3 is 1. The molecule has 180 valence electrons. The topological polar surface area (TPSA) is 110 Å². The quantitative estimate of drug-likeness (QED) is 0.441. The van der Waals surface area contributed by atoms with Crippen molar-refractivity contribution >= 4 is 28.7 Å². The first kappa shape index (κ1) is 22.8. The smallest absolute Gasteiger partial charge is 0.359 e. The maximum Gasteiger partial charge on any atom is 0.359 e. The third-order valence-corrected chi connectivity index (χ3v) is 6.24. The van der Waals surface area contributed by atoms with Crippen LogP contribution in [0.15, 0.2) is 36.4 Å². The number of rotatable bonds is 3. The number of morpholine rings is 1. The number of hydrogen-bond donors (Lipinski definition) is 1. The van der Waals surface area contributed by atoms with Crippen LogP contribution in [0.3, 0.4) is 0 Å². The highest BCUT2D eigenvalue weighted by Gasteiger charge is 2.42. The number of likely N-dealkylation sites (tertiary alicyclic amines) is 1. The number of aromatic nitrogens is 3. The van der Waals surface area contributed by atoms with Gasteiger partial charge in [0.2, 0.25) is 5.60 Å². The SMILES string of the molecule is COC(=O)c1nn(-c2cccc(C#CC3(O)CCN(C)C3=O)c2)c2nc(N3CCOCC3)ccc12. The Morgan fingerprint density at radius 2 is 2.00 bits per heavy atom. The molecule has 4 heterocycles. The molecule has 35 heavy (non-hydrogen) atoms. The van der Waals surface area contributed by atoms with Crippen LogP contribution in [0.5, 0.6) is 0 Å². The van der Waals surface area contributed by atoms with Crippen molar-refractivity contribution in [3.63, 3.8) is 0 Å². The predicted octanol–water partition coefficient (Wildman–Crippen LogP) is 0.988. The van der Waals surface area contributed by atoms with Crippen LogP contribution in [-0.2, 0) is 14.3 Å². The fourth-order valence-electron chi connectivity index (χ4n) is 4.24. The molecule has 0 saturated carbocycles. The molecule has 10 nitrogen and oxygen atoms in total. The summed E-state index contributed by atoms with van der Waals surface area (Å²) in [4.78, 5) is 33.1. The van der Waals surface area contributed by atoms with Crippen LogP contribution in [0.1, 0.15) is 22.5 Å². The lowest BCUT2D eigenvalue weighted by Gasteiger charge is -2.27. The zero-order chi connectivity index (χ0) is 24.6.